The number of halogens is 14. The maximum Gasteiger partial charge on any atom is 2.00 e. The van der Waals surface area contributed by atoms with E-state index in [0.29, 0.717) is 0 Å². The number of alkyl halides is 14. The molecule has 0 rings (SSSR count). The van der Waals surface area contributed by atoms with Crippen molar-refractivity contribution in [2.45, 2.75) is 77.6 Å². The maximum atomic E-state index is 12.8. The van der Waals surface area contributed by atoms with Crippen LogP contribution in [0.25, 0.3) is 0 Å². The van der Waals surface area contributed by atoms with Gasteiger partial charge in [-0.15, -0.1) is 11.5 Å². The smallest absolute Gasteiger partial charge is 0.875 e. The Kier molecular flexibility index (Phi) is 14.0. The number of allylic oxidation sites excluding steroid dienone is 4. The first-order valence-corrected chi connectivity index (χ1v) is 9.62. The first kappa shape index (κ1) is 42.5. The van der Waals surface area contributed by atoms with Gasteiger partial charge in [0.05, 0.1) is 0 Å². The SMILES string of the molecule is CC(C)(C)/C([O-])=C/C(=O)C(F)(F)C(F)(F)C(F)(F)F.CC(C)(C)/C([O-])=C\C(=O)C(F)(F)C(F)(F)C(F)(F)F.[Ba+2]. The molecule has 224 valence electrons. The summed E-state index contributed by atoms with van der Waals surface area (Å²) in [4.78, 5) is 21.6. The van der Waals surface area contributed by atoms with E-state index in [0.717, 1.165) is 0 Å². The van der Waals surface area contributed by atoms with Gasteiger partial charge in [0.1, 0.15) is 0 Å². The molecule has 0 radical (unpaired) electrons. The normalized spacial score (nSPS) is 15.2. The number of rotatable bonds is 6. The van der Waals surface area contributed by atoms with Crippen LogP contribution in [-0.2, 0) is 9.59 Å². The van der Waals surface area contributed by atoms with E-state index in [9.17, 15) is 81.3 Å². The Balaban J connectivity index is -0.000000648. The minimum Gasteiger partial charge on any atom is -0.875 e. The van der Waals surface area contributed by atoms with Gasteiger partial charge in [0.2, 0.25) is 11.6 Å². The van der Waals surface area contributed by atoms with Gasteiger partial charge in [-0.3, -0.25) is 9.59 Å². The number of ketones is 2. The minimum absolute atomic E-state index is 0. The number of carbonyl (C=O) groups is 2. The van der Waals surface area contributed by atoms with E-state index in [1.165, 1.54) is 41.5 Å². The summed E-state index contributed by atoms with van der Waals surface area (Å²) >= 11 is 0. The molecule has 0 aromatic rings. The Labute approximate surface area is 252 Å². The second kappa shape index (κ2) is 12.9. The molecule has 0 saturated heterocycles. The van der Waals surface area contributed by atoms with Crippen molar-refractivity contribution in [2.75, 3.05) is 0 Å². The molecule has 0 fully saturated rings. The number of carbonyl (C=O) groups excluding carboxylic acids is 2. The standard InChI is InChI=1S/2C10H11F7O2.Ba/c2*1-7(2,3)5(18)4-6(19)8(11,12)9(13,14)10(15,16)17;/h2*4,18H,1-3H3;/q;;+2/p-2/b5-4+;5-4-;. The van der Waals surface area contributed by atoms with E-state index < -0.39 is 82.1 Å². The molecule has 0 aromatic carbocycles. The van der Waals surface area contributed by atoms with Crippen LogP contribution in [0.1, 0.15) is 41.5 Å². The Morgan fingerprint density at radius 3 is 0.795 bits per heavy atom. The molecular weight excluding hydrogens is 708 g/mol. The van der Waals surface area contributed by atoms with Crippen molar-refractivity contribution in [1.82, 2.24) is 0 Å². The molecule has 4 nitrogen and oxygen atoms in total. The van der Waals surface area contributed by atoms with Gasteiger partial charge in [0.15, 0.2) is 0 Å². The van der Waals surface area contributed by atoms with E-state index in [1.807, 2.05) is 0 Å². The summed E-state index contributed by atoms with van der Waals surface area (Å²) in [5.41, 5.74) is -2.72. The quantitative estimate of drug-likeness (QED) is 0.168. The molecule has 0 bridgehead atoms. The summed E-state index contributed by atoms with van der Waals surface area (Å²) in [5.74, 6) is -33.5. The van der Waals surface area contributed by atoms with Crippen LogP contribution < -0.4 is 10.2 Å². The van der Waals surface area contributed by atoms with E-state index in [1.54, 1.807) is 0 Å². The van der Waals surface area contributed by atoms with Crippen LogP contribution in [0.15, 0.2) is 23.7 Å². The molecular formula is C20H20BaF14O4. The first-order chi connectivity index (χ1) is 16.1. The van der Waals surface area contributed by atoms with Crippen molar-refractivity contribution in [2.24, 2.45) is 10.8 Å². The van der Waals surface area contributed by atoms with Crippen LogP contribution in [0.5, 0.6) is 0 Å². The molecule has 0 N–H and O–H groups in total. The molecule has 0 amide bonds. The third-order valence-corrected chi connectivity index (χ3v) is 4.12. The summed E-state index contributed by atoms with van der Waals surface area (Å²) in [7, 11) is 0. The van der Waals surface area contributed by atoms with Crippen LogP contribution in [0, 0.1) is 10.8 Å². The fourth-order valence-electron chi connectivity index (χ4n) is 1.52. The van der Waals surface area contributed by atoms with E-state index >= 15 is 0 Å². The third-order valence-electron chi connectivity index (χ3n) is 4.12. The monoisotopic (exact) mass is 728 g/mol. The third kappa shape index (κ3) is 10.1. The summed E-state index contributed by atoms with van der Waals surface area (Å²) in [5, 5.41) is 22.3. The fraction of sp³-hybridized carbons (Fsp3) is 0.700. The average Bonchev–Trinajstić information content (AvgIpc) is 2.64. The van der Waals surface area contributed by atoms with Gasteiger partial charge in [-0.2, -0.15) is 61.5 Å². The van der Waals surface area contributed by atoms with Crippen molar-refractivity contribution in [3.8, 4) is 0 Å². The van der Waals surface area contributed by atoms with Crippen molar-refractivity contribution in [3.05, 3.63) is 23.7 Å². The second-order valence-corrected chi connectivity index (χ2v) is 9.54. The van der Waals surface area contributed by atoms with Crippen LogP contribution in [0.3, 0.4) is 0 Å². The fourth-order valence-corrected chi connectivity index (χ4v) is 1.52. The van der Waals surface area contributed by atoms with E-state index in [2.05, 4.69) is 0 Å². The van der Waals surface area contributed by atoms with Gasteiger partial charge in [-0.25, -0.2) is 0 Å². The largest absolute Gasteiger partial charge is 2.00 e. The van der Waals surface area contributed by atoms with Crippen molar-refractivity contribution in [1.29, 1.82) is 0 Å². The molecule has 0 aliphatic heterocycles. The van der Waals surface area contributed by atoms with Gasteiger partial charge in [0, 0.05) is 0 Å². The average molecular weight is 728 g/mol. The van der Waals surface area contributed by atoms with Crippen LogP contribution in [0.2, 0.25) is 0 Å². The zero-order valence-corrected chi connectivity index (χ0v) is 25.2. The van der Waals surface area contributed by atoms with Gasteiger partial charge < -0.3 is 10.2 Å². The molecule has 19 heteroatoms. The molecule has 0 aromatic heterocycles. The van der Waals surface area contributed by atoms with Crippen molar-refractivity contribution < 1.29 is 81.3 Å². The van der Waals surface area contributed by atoms with Crippen molar-refractivity contribution >= 4 is 60.4 Å². The van der Waals surface area contributed by atoms with Gasteiger partial charge in [-0.05, 0) is 23.0 Å². The zero-order chi connectivity index (χ0) is 31.7. The molecule has 0 spiro atoms. The van der Waals surface area contributed by atoms with Crippen molar-refractivity contribution in [3.63, 3.8) is 0 Å². The number of hydrogen-bond acceptors (Lipinski definition) is 4. The van der Waals surface area contributed by atoms with Gasteiger partial charge in [0.25, 0.3) is 0 Å². The molecule has 0 aliphatic rings. The Morgan fingerprint density at radius 1 is 0.487 bits per heavy atom. The summed E-state index contributed by atoms with van der Waals surface area (Å²) in [6, 6.07) is 0. The minimum atomic E-state index is -6.61. The summed E-state index contributed by atoms with van der Waals surface area (Å²) in [6.45, 7) is 7.08. The molecule has 0 unspecified atom stereocenters. The van der Waals surface area contributed by atoms with E-state index in [4.69, 9.17) is 0 Å². The Hall–Kier alpha value is -0.989. The molecule has 39 heavy (non-hydrogen) atoms. The Morgan fingerprint density at radius 2 is 0.667 bits per heavy atom. The van der Waals surface area contributed by atoms with Gasteiger partial charge in [-0.1, -0.05) is 41.5 Å². The number of hydrogen-bond donors (Lipinski definition) is 0. The molecule has 0 saturated carbocycles. The molecule has 0 heterocycles. The van der Waals surface area contributed by atoms with Crippen LogP contribution in [-0.4, -0.2) is 96.5 Å². The predicted molar refractivity (Wildman–Crippen MR) is 103 cm³/mol. The maximum absolute atomic E-state index is 12.8. The van der Waals surface area contributed by atoms with Gasteiger partial charge >= 0.3 is 84.9 Å². The van der Waals surface area contributed by atoms with Crippen LogP contribution >= 0.6 is 0 Å². The second-order valence-electron chi connectivity index (χ2n) is 9.54. The summed E-state index contributed by atoms with van der Waals surface area (Å²) in [6.07, 6.45) is -14.1. The van der Waals surface area contributed by atoms with E-state index in [-0.39, 0.29) is 48.9 Å². The molecule has 0 atom stereocenters. The topological polar surface area (TPSA) is 80.3 Å². The Bertz CT molecular complexity index is 858. The van der Waals surface area contributed by atoms with Crippen LogP contribution in [0.4, 0.5) is 61.5 Å². The zero-order valence-electron chi connectivity index (χ0n) is 20.8. The summed E-state index contributed by atoms with van der Waals surface area (Å²) < 4.78 is 172. The first-order valence-electron chi connectivity index (χ1n) is 9.62. The predicted octanol–water partition coefficient (Wildman–Crippen LogP) is 4.98. The molecule has 0 aliphatic carbocycles.